The number of hydrogen-bond acceptors (Lipinski definition) is 5. The van der Waals surface area contributed by atoms with Crippen LogP contribution < -0.4 is 0 Å². The number of aromatic nitrogens is 2. The SMILES string of the molecule is Cc1ccc(S(=O)(=O)N2CCO[C@H](c3cnn(C)c3)C2)s1. The average Bonchev–Trinajstić information content (AvgIpc) is 3.08. The summed E-state index contributed by atoms with van der Waals surface area (Å²) in [5, 5.41) is 4.11. The van der Waals surface area contributed by atoms with Crippen LogP contribution in [0.5, 0.6) is 0 Å². The molecule has 114 valence electrons. The normalized spacial score (nSPS) is 20.8. The Morgan fingerprint density at radius 3 is 2.86 bits per heavy atom. The zero-order valence-corrected chi connectivity index (χ0v) is 13.5. The van der Waals surface area contributed by atoms with E-state index < -0.39 is 10.0 Å². The highest BCUT2D eigenvalue weighted by atomic mass is 32.2. The molecule has 0 N–H and O–H groups in total. The smallest absolute Gasteiger partial charge is 0.252 e. The van der Waals surface area contributed by atoms with Crippen LogP contribution in [0.4, 0.5) is 0 Å². The van der Waals surface area contributed by atoms with E-state index in [2.05, 4.69) is 5.10 Å². The van der Waals surface area contributed by atoms with Gasteiger partial charge in [0.1, 0.15) is 4.21 Å². The van der Waals surface area contributed by atoms with Crippen LogP contribution in [0.2, 0.25) is 0 Å². The molecule has 0 radical (unpaired) electrons. The first-order valence-corrected chi connectivity index (χ1v) is 8.89. The first kappa shape index (κ1) is 14.7. The summed E-state index contributed by atoms with van der Waals surface area (Å²) in [6.45, 7) is 3.01. The molecule has 1 atom stereocenters. The first-order chi connectivity index (χ1) is 9.96. The van der Waals surface area contributed by atoms with Gasteiger partial charge in [0.05, 0.1) is 18.9 Å². The summed E-state index contributed by atoms with van der Waals surface area (Å²) in [6.07, 6.45) is 3.31. The van der Waals surface area contributed by atoms with Crippen molar-refractivity contribution in [3.05, 3.63) is 35.0 Å². The maximum Gasteiger partial charge on any atom is 0.252 e. The van der Waals surface area contributed by atoms with Gasteiger partial charge in [0.15, 0.2) is 0 Å². The lowest BCUT2D eigenvalue weighted by molar-refractivity contribution is -0.00253. The highest BCUT2D eigenvalue weighted by Crippen LogP contribution is 2.29. The van der Waals surface area contributed by atoms with Crippen molar-refractivity contribution in [1.29, 1.82) is 0 Å². The van der Waals surface area contributed by atoms with Gasteiger partial charge in [-0.3, -0.25) is 4.68 Å². The fourth-order valence-corrected chi connectivity index (χ4v) is 5.19. The third kappa shape index (κ3) is 2.89. The third-order valence-electron chi connectivity index (χ3n) is 3.44. The van der Waals surface area contributed by atoms with E-state index in [1.165, 1.54) is 15.6 Å². The summed E-state index contributed by atoms with van der Waals surface area (Å²) >= 11 is 1.30. The van der Waals surface area contributed by atoms with Crippen LogP contribution in [0, 0.1) is 6.92 Å². The monoisotopic (exact) mass is 327 g/mol. The zero-order chi connectivity index (χ0) is 15.0. The molecule has 3 rings (SSSR count). The molecule has 0 aliphatic carbocycles. The minimum atomic E-state index is -3.43. The third-order valence-corrected chi connectivity index (χ3v) is 6.77. The summed E-state index contributed by atoms with van der Waals surface area (Å²) in [5.74, 6) is 0. The maximum atomic E-state index is 12.6. The van der Waals surface area contributed by atoms with E-state index in [9.17, 15) is 8.42 Å². The number of morpholine rings is 1. The van der Waals surface area contributed by atoms with Crippen molar-refractivity contribution < 1.29 is 13.2 Å². The van der Waals surface area contributed by atoms with Gasteiger partial charge in [0, 0.05) is 36.8 Å². The largest absolute Gasteiger partial charge is 0.371 e. The Kier molecular flexibility index (Phi) is 3.87. The van der Waals surface area contributed by atoms with Gasteiger partial charge in [-0.25, -0.2) is 8.42 Å². The van der Waals surface area contributed by atoms with Crippen molar-refractivity contribution in [2.45, 2.75) is 17.2 Å². The lowest BCUT2D eigenvalue weighted by atomic mass is 10.2. The van der Waals surface area contributed by atoms with E-state index in [-0.39, 0.29) is 6.10 Å². The van der Waals surface area contributed by atoms with Crippen molar-refractivity contribution in [3.63, 3.8) is 0 Å². The standard InChI is InChI=1S/C13H17N3O3S2/c1-10-3-4-13(20-10)21(17,18)16-5-6-19-12(9-16)11-7-14-15(2)8-11/h3-4,7-8,12H,5-6,9H2,1-2H3/t12-/m0/s1. The molecule has 2 aromatic heterocycles. The summed E-state index contributed by atoms with van der Waals surface area (Å²) < 4.78 is 34.6. The number of nitrogens with zero attached hydrogens (tertiary/aromatic N) is 3. The van der Waals surface area contributed by atoms with Crippen LogP contribution in [0.3, 0.4) is 0 Å². The molecule has 0 saturated carbocycles. The topological polar surface area (TPSA) is 64.4 Å². The van der Waals surface area contributed by atoms with Crippen LogP contribution in [-0.4, -0.2) is 42.2 Å². The molecule has 0 aromatic carbocycles. The fourth-order valence-electron chi connectivity index (χ4n) is 2.33. The van der Waals surface area contributed by atoms with Crippen LogP contribution in [0.25, 0.3) is 0 Å². The lowest BCUT2D eigenvalue weighted by Crippen LogP contribution is -2.41. The van der Waals surface area contributed by atoms with Gasteiger partial charge in [-0.15, -0.1) is 11.3 Å². The van der Waals surface area contributed by atoms with Crippen molar-refractivity contribution in [2.75, 3.05) is 19.7 Å². The van der Waals surface area contributed by atoms with Gasteiger partial charge in [0.2, 0.25) is 0 Å². The molecule has 21 heavy (non-hydrogen) atoms. The molecule has 6 nitrogen and oxygen atoms in total. The fraction of sp³-hybridized carbons (Fsp3) is 0.462. The van der Waals surface area contributed by atoms with Gasteiger partial charge in [-0.1, -0.05) is 0 Å². The van der Waals surface area contributed by atoms with E-state index in [4.69, 9.17) is 4.74 Å². The molecular formula is C13H17N3O3S2. The molecule has 1 aliphatic rings. The van der Waals surface area contributed by atoms with Crippen molar-refractivity contribution in [1.82, 2.24) is 14.1 Å². The Balaban J connectivity index is 1.83. The number of ether oxygens (including phenoxy) is 1. The van der Waals surface area contributed by atoms with Gasteiger partial charge in [-0.2, -0.15) is 9.40 Å². The molecule has 1 saturated heterocycles. The number of aryl methyl sites for hydroxylation is 2. The molecule has 1 fully saturated rings. The molecule has 1 aliphatic heterocycles. The summed E-state index contributed by atoms with van der Waals surface area (Å²) in [4.78, 5) is 0.991. The second-order valence-corrected chi connectivity index (χ2v) is 8.49. The van der Waals surface area contributed by atoms with E-state index in [1.54, 1.807) is 16.9 Å². The van der Waals surface area contributed by atoms with Crippen LogP contribution in [0.15, 0.2) is 28.7 Å². The Morgan fingerprint density at radius 2 is 2.24 bits per heavy atom. The summed E-state index contributed by atoms with van der Waals surface area (Å²) in [7, 11) is -1.60. The highest BCUT2D eigenvalue weighted by molar-refractivity contribution is 7.91. The molecular weight excluding hydrogens is 310 g/mol. The van der Waals surface area contributed by atoms with Gasteiger partial charge >= 0.3 is 0 Å². The van der Waals surface area contributed by atoms with Crippen molar-refractivity contribution >= 4 is 21.4 Å². The van der Waals surface area contributed by atoms with Crippen LogP contribution in [0.1, 0.15) is 16.5 Å². The lowest BCUT2D eigenvalue weighted by Gasteiger charge is -2.31. The van der Waals surface area contributed by atoms with E-state index in [0.29, 0.717) is 23.9 Å². The molecule has 8 heteroatoms. The predicted octanol–water partition coefficient (Wildman–Crippen LogP) is 1.55. The minimum Gasteiger partial charge on any atom is -0.371 e. The quantitative estimate of drug-likeness (QED) is 0.858. The molecule has 0 bridgehead atoms. The second kappa shape index (κ2) is 5.53. The predicted molar refractivity (Wildman–Crippen MR) is 79.7 cm³/mol. The second-order valence-electron chi connectivity index (χ2n) is 5.03. The van der Waals surface area contributed by atoms with E-state index in [1.807, 2.05) is 26.2 Å². The van der Waals surface area contributed by atoms with Crippen molar-refractivity contribution in [3.8, 4) is 0 Å². The average molecular weight is 327 g/mol. The first-order valence-electron chi connectivity index (χ1n) is 6.63. The molecule has 0 amide bonds. The molecule has 2 aromatic rings. The number of rotatable bonds is 3. The van der Waals surface area contributed by atoms with Gasteiger partial charge < -0.3 is 4.74 Å². The summed E-state index contributed by atoms with van der Waals surface area (Å²) in [5.41, 5.74) is 0.903. The number of hydrogen-bond donors (Lipinski definition) is 0. The van der Waals surface area contributed by atoms with Crippen molar-refractivity contribution in [2.24, 2.45) is 7.05 Å². The molecule has 0 unspecified atom stereocenters. The Bertz CT molecular complexity index is 735. The van der Waals surface area contributed by atoms with Crippen LogP contribution >= 0.6 is 11.3 Å². The number of thiophene rings is 1. The minimum absolute atomic E-state index is 0.261. The summed E-state index contributed by atoms with van der Waals surface area (Å²) in [6, 6.07) is 3.50. The van der Waals surface area contributed by atoms with Gasteiger partial charge in [-0.05, 0) is 19.1 Å². The highest BCUT2D eigenvalue weighted by Gasteiger charge is 2.32. The van der Waals surface area contributed by atoms with E-state index >= 15 is 0 Å². The van der Waals surface area contributed by atoms with Gasteiger partial charge in [0.25, 0.3) is 10.0 Å². The Hall–Kier alpha value is -1.22. The van der Waals surface area contributed by atoms with E-state index in [0.717, 1.165) is 10.4 Å². The Morgan fingerprint density at radius 1 is 1.43 bits per heavy atom. The molecule has 0 spiro atoms. The maximum absolute atomic E-state index is 12.6. The molecule has 3 heterocycles. The Labute approximate surface area is 128 Å². The number of sulfonamides is 1. The van der Waals surface area contributed by atoms with Crippen LogP contribution in [-0.2, 0) is 21.8 Å². The zero-order valence-electron chi connectivity index (χ0n) is 11.9.